The van der Waals surface area contributed by atoms with Crippen molar-refractivity contribution in [2.45, 2.75) is 25.8 Å². The highest BCUT2D eigenvalue weighted by Crippen LogP contribution is 2.31. The zero-order valence-corrected chi connectivity index (χ0v) is 14.8. The topological polar surface area (TPSA) is 53.6 Å². The van der Waals surface area contributed by atoms with Crippen LogP contribution >= 0.6 is 0 Å². The molecule has 25 heavy (non-hydrogen) atoms. The van der Waals surface area contributed by atoms with Gasteiger partial charge in [0.15, 0.2) is 0 Å². The molecule has 1 atom stereocenters. The fraction of sp³-hybridized carbons (Fsp3) is 0.350. The number of hydrogen-bond donors (Lipinski definition) is 2. The lowest BCUT2D eigenvalue weighted by Crippen LogP contribution is -2.34. The molecule has 2 aromatic rings. The van der Waals surface area contributed by atoms with Crippen molar-refractivity contribution < 1.29 is 9.53 Å². The fourth-order valence-electron chi connectivity index (χ4n) is 3.34. The van der Waals surface area contributed by atoms with E-state index in [4.69, 9.17) is 4.74 Å². The second-order valence-corrected chi connectivity index (χ2v) is 6.31. The maximum absolute atomic E-state index is 12.0. The first-order chi connectivity index (χ1) is 12.2. The molecule has 132 valence electrons. The number of benzene rings is 2. The Hall–Kier alpha value is -2.69. The molecule has 2 aromatic carbocycles. The number of nitrogens with one attached hydrogen (secondary N) is 2. The molecular weight excluding hydrogens is 314 g/mol. The standard InChI is InChI=1S/C20H25N3O2/c1-15-14-16-8-3-5-10-18(16)23(15)13-7-12-21-20(24)22-17-9-4-6-11-19(17)25-2/h3-6,8-11,15H,7,12-14H2,1-2H3,(H2,21,22,24)/t15-/m0/s1. The number of rotatable bonds is 6. The van der Waals surface area contributed by atoms with Crippen molar-refractivity contribution in [3.8, 4) is 5.75 Å². The Morgan fingerprint density at radius 1 is 1.20 bits per heavy atom. The van der Waals surface area contributed by atoms with E-state index in [0.717, 1.165) is 19.4 Å². The molecule has 1 aliphatic heterocycles. The van der Waals surface area contributed by atoms with Gasteiger partial charge in [-0.2, -0.15) is 0 Å². The number of carbonyl (C=O) groups is 1. The van der Waals surface area contributed by atoms with Gasteiger partial charge in [0.25, 0.3) is 0 Å². The summed E-state index contributed by atoms with van der Waals surface area (Å²) in [6, 6.07) is 16.2. The quantitative estimate of drug-likeness (QED) is 0.790. The lowest BCUT2D eigenvalue weighted by molar-refractivity contribution is 0.252. The summed E-state index contributed by atoms with van der Waals surface area (Å²) in [5.41, 5.74) is 3.41. The monoisotopic (exact) mass is 339 g/mol. The van der Waals surface area contributed by atoms with Crippen molar-refractivity contribution in [1.82, 2.24) is 5.32 Å². The number of amides is 2. The van der Waals surface area contributed by atoms with E-state index in [1.165, 1.54) is 11.3 Å². The van der Waals surface area contributed by atoms with Crippen LogP contribution in [0, 0.1) is 0 Å². The maximum Gasteiger partial charge on any atom is 0.319 e. The predicted molar refractivity (Wildman–Crippen MR) is 102 cm³/mol. The molecule has 2 amide bonds. The van der Waals surface area contributed by atoms with Gasteiger partial charge in [-0.25, -0.2) is 4.79 Å². The minimum absolute atomic E-state index is 0.209. The average Bonchev–Trinajstić information content (AvgIpc) is 2.94. The van der Waals surface area contributed by atoms with Gasteiger partial charge in [0, 0.05) is 24.8 Å². The van der Waals surface area contributed by atoms with Gasteiger partial charge in [0.05, 0.1) is 12.8 Å². The first-order valence-corrected chi connectivity index (χ1v) is 8.71. The lowest BCUT2D eigenvalue weighted by atomic mass is 10.1. The van der Waals surface area contributed by atoms with Crippen molar-refractivity contribution in [1.29, 1.82) is 0 Å². The number of ether oxygens (including phenoxy) is 1. The van der Waals surface area contributed by atoms with Gasteiger partial charge in [0.2, 0.25) is 0 Å². The molecule has 5 nitrogen and oxygen atoms in total. The molecule has 0 unspecified atom stereocenters. The molecule has 0 saturated carbocycles. The molecule has 0 saturated heterocycles. The Labute approximate surface area is 149 Å². The number of fused-ring (bicyclic) bond motifs is 1. The Morgan fingerprint density at radius 3 is 2.80 bits per heavy atom. The molecule has 0 aliphatic carbocycles. The predicted octanol–water partition coefficient (Wildman–Crippen LogP) is 3.66. The fourth-order valence-corrected chi connectivity index (χ4v) is 3.34. The molecule has 5 heteroatoms. The van der Waals surface area contributed by atoms with Gasteiger partial charge < -0.3 is 20.3 Å². The van der Waals surface area contributed by atoms with Gasteiger partial charge in [-0.15, -0.1) is 0 Å². The van der Waals surface area contributed by atoms with Gasteiger partial charge >= 0.3 is 6.03 Å². The Bertz CT molecular complexity index is 732. The van der Waals surface area contributed by atoms with E-state index in [1.807, 2.05) is 24.3 Å². The second kappa shape index (κ2) is 7.92. The summed E-state index contributed by atoms with van der Waals surface area (Å²) in [7, 11) is 1.59. The van der Waals surface area contributed by atoms with Crippen LogP contribution in [-0.4, -0.2) is 32.3 Å². The lowest BCUT2D eigenvalue weighted by Gasteiger charge is -2.25. The van der Waals surface area contributed by atoms with Crippen LogP contribution in [0.1, 0.15) is 18.9 Å². The number of carbonyl (C=O) groups excluding carboxylic acids is 1. The number of anilines is 2. The highest BCUT2D eigenvalue weighted by Gasteiger charge is 2.24. The molecule has 1 heterocycles. The molecule has 3 rings (SSSR count). The maximum atomic E-state index is 12.0. The van der Waals surface area contributed by atoms with Crippen molar-refractivity contribution in [3.05, 3.63) is 54.1 Å². The molecule has 0 radical (unpaired) electrons. The molecule has 0 fully saturated rings. The molecule has 0 bridgehead atoms. The third kappa shape index (κ3) is 4.05. The molecule has 0 spiro atoms. The number of para-hydroxylation sites is 3. The minimum atomic E-state index is -0.209. The smallest absolute Gasteiger partial charge is 0.319 e. The van der Waals surface area contributed by atoms with Gasteiger partial charge in [-0.05, 0) is 43.5 Å². The molecule has 2 N–H and O–H groups in total. The Kier molecular flexibility index (Phi) is 5.43. The van der Waals surface area contributed by atoms with Crippen molar-refractivity contribution in [2.75, 3.05) is 30.4 Å². The summed E-state index contributed by atoms with van der Waals surface area (Å²) < 4.78 is 5.24. The third-order valence-corrected chi connectivity index (χ3v) is 4.56. The van der Waals surface area contributed by atoms with Crippen LogP contribution in [0.25, 0.3) is 0 Å². The number of urea groups is 1. The highest BCUT2D eigenvalue weighted by molar-refractivity contribution is 5.90. The number of nitrogens with zero attached hydrogens (tertiary/aromatic N) is 1. The van der Waals surface area contributed by atoms with Crippen LogP contribution in [0.5, 0.6) is 5.75 Å². The third-order valence-electron chi connectivity index (χ3n) is 4.56. The van der Waals surface area contributed by atoms with E-state index < -0.39 is 0 Å². The normalized spacial score (nSPS) is 15.6. The zero-order chi connectivity index (χ0) is 17.6. The van der Waals surface area contributed by atoms with Crippen molar-refractivity contribution in [2.24, 2.45) is 0 Å². The summed E-state index contributed by atoms with van der Waals surface area (Å²) in [6.07, 6.45) is 2.00. The summed E-state index contributed by atoms with van der Waals surface area (Å²) in [4.78, 5) is 14.5. The minimum Gasteiger partial charge on any atom is -0.495 e. The van der Waals surface area contributed by atoms with Gasteiger partial charge in [-0.3, -0.25) is 0 Å². The van der Waals surface area contributed by atoms with Gasteiger partial charge in [-0.1, -0.05) is 30.3 Å². The first-order valence-electron chi connectivity index (χ1n) is 8.71. The van der Waals surface area contributed by atoms with E-state index in [2.05, 4.69) is 46.7 Å². The molecule has 0 aromatic heterocycles. The van der Waals surface area contributed by atoms with Crippen molar-refractivity contribution >= 4 is 17.4 Å². The first kappa shape index (κ1) is 17.1. The molecule has 1 aliphatic rings. The Morgan fingerprint density at radius 2 is 1.96 bits per heavy atom. The van der Waals surface area contributed by atoms with Crippen LogP contribution in [0.3, 0.4) is 0 Å². The highest BCUT2D eigenvalue weighted by atomic mass is 16.5. The zero-order valence-electron chi connectivity index (χ0n) is 14.8. The van der Waals surface area contributed by atoms with Gasteiger partial charge in [0.1, 0.15) is 5.75 Å². The second-order valence-electron chi connectivity index (χ2n) is 6.31. The van der Waals surface area contributed by atoms with Crippen LogP contribution in [0.4, 0.5) is 16.2 Å². The number of hydrogen-bond acceptors (Lipinski definition) is 3. The molecular formula is C20H25N3O2. The van der Waals surface area contributed by atoms with Crippen LogP contribution in [0.15, 0.2) is 48.5 Å². The summed E-state index contributed by atoms with van der Waals surface area (Å²) in [6.45, 7) is 3.82. The van der Waals surface area contributed by atoms with E-state index in [1.54, 1.807) is 7.11 Å². The van der Waals surface area contributed by atoms with E-state index in [0.29, 0.717) is 24.0 Å². The van der Waals surface area contributed by atoms with E-state index in [9.17, 15) is 4.79 Å². The van der Waals surface area contributed by atoms with Crippen LogP contribution in [-0.2, 0) is 6.42 Å². The average molecular weight is 339 g/mol. The van der Waals surface area contributed by atoms with Crippen LogP contribution < -0.4 is 20.3 Å². The SMILES string of the molecule is COc1ccccc1NC(=O)NCCCN1c2ccccc2C[C@@H]1C. The Balaban J connectivity index is 1.45. The van der Waals surface area contributed by atoms with E-state index >= 15 is 0 Å². The van der Waals surface area contributed by atoms with Crippen LogP contribution in [0.2, 0.25) is 0 Å². The summed E-state index contributed by atoms with van der Waals surface area (Å²) >= 11 is 0. The summed E-state index contributed by atoms with van der Waals surface area (Å²) in [5.74, 6) is 0.653. The number of methoxy groups -OCH3 is 1. The van der Waals surface area contributed by atoms with E-state index in [-0.39, 0.29) is 6.03 Å². The largest absolute Gasteiger partial charge is 0.495 e. The summed E-state index contributed by atoms with van der Waals surface area (Å²) in [5, 5.41) is 5.74. The van der Waals surface area contributed by atoms with Crippen molar-refractivity contribution in [3.63, 3.8) is 0 Å².